The molecule has 0 aliphatic rings. The molecule has 1 amide bonds. The van der Waals surface area contributed by atoms with Gasteiger partial charge in [-0.25, -0.2) is 9.67 Å². The van der Waals surface area contributed by atoms with Crippen LogP contribution < -0.4 is 14.8 Å². The lowest BCUT2D eigenvalue weighted by Gasteiger charge is -2.15. The number of carbonyl (C=O) groups excluding carboxylic acids is 1. The summed E-state index contributed by atoms with van der Waals surface area (Å²) in [6.45, 7) is 0.403. The third-order valence-electron chi connectivity index (χ3n) is 5.50. The molecule has 3 aromatic heterocycles. The van der Waals surface area contributed by atoms with Crippen molar-refractivity contribution in [3.63, 3.8) is 0 Å². The topological polar surface area (TPSA) is 78.3 Å². The fourth-order valence-corrected chi connectivity index (χ4v) is 4.59. The molecule has 1 N–H and O–H groups in total. The van der Waals surface area contributed by atoms with E-state index in [4.69, 9.17) is 14.5 Å². The van der Waals surface area contributed by atoms with E-state index in [0.717, 1.165) is 27.0 Å². The maximum atomic E-state index is 13.5. The Morgan fingerprint density at radius 2 is 1.91 bits per heavy atom. The van der Waals surface area contributed by atoms with Gasteiger partial charge in [0, 0.05) is 17.0 Å². The Morgan fingerprint density at radius 1 is 1.03 bits per heavy atom. The van der Waals surface area contributed by atoms with E-state index in [2.05, 4.69) is 10.4 Å². The standard InChI is InChI=1S/C26H22N4O3S/c1-32-22-10-5-7-17(25(22)33-2)16-30-24(12-13-27-30)29-26(31)19-15-21(23-11-6-14-34-23)28-20-9-4-3-8-18(19)20/h3-15H,16H2,1-2H3,(H,29,31). The first kappa shape index (κ1) is 21.7. The smallest absolute Gasteiger partial charge is 0.257 e. The average Bonchev–Trinajstić information content (AvgIpc) is 3.56. The van der Waals surface area contributed by atoms with Gasteiger partial charge in [-0.2, -0.15) is 5.10 Å². The molecule has 0 fully saturated rings. The third-order valence-corrected chi connectivity index (χ3v) is 6.39. The van der Waals surface area contributed by atoms with Crippen LogP contribution >= 0.6 is 11.3 Å². The highest BCUT2D eigenvalue weighted by Gasteiger charge is 2.17. The van der Waals surface area contributed by atoms with Crippen LogP contribution in [0.3, 0.4) is 0 Å². The van der Waals surface area contributed by atoms with Gasteiger partial charge in [0.05, 0.1) is 48.6 Å². The first-order chi connectivity index (χ1) is 16.7. The van der Waals surface area contributed by atoms with Crippen LogP contribution in [0.15, 0.2) is 78.3 Å². The van der Waals surface area contributed by atoms with E-state index in [1.54, 1.807) is 42.5 Å². The molecular formula is C26H22N4O3S. The number of fused-ring (bicyclic) bond motifs is 1. The van der Waals surface area contributed by atoms with Crippen LogP contribution in [0, 0.1) is 0 Å². The number of thiophene rings is 1. The summed E-state index contributed by atoms with van der Waals surface area (Å²) < 4.78 is 12.7. The van der Waals surface area contributed by atoms with E-state index >= 15 is 0 Å². The van der Waals surface area contributed by atoms with Crippen LogP contribution in [-0.2, 0) is 6.54 Å². The Hall–Kier alpha value is -4.17. The summed E-state index contributed by atoms with van der Waals surface area (Å²) in [5.74, 6) is 1.63. The SMILES string of the molecule is COc1cccc(Cn2nccc2NC(=O)c2cc(-c3cccs3)nc3ccccc23)c1OC. The van der Waals surface area contributed by atoms with Crippen molar-refractivity contribution in [3.05, 3.63) is 89.4 Å². The highest BCUT2D eigenvalue weighted by Crippen LogP contribution is 2.32. The highest BCUT2D eigenvalue weighted by molar-refractivity contribution is 7.13. The zero-order valence-corrected chi connectivity index (χ0v) is 19.5. The molecule has 3 heterocycles. The van der Waals surface area contributed by atoms with Gasteiger partial charge in [-0.1, -0.05) is 36.4 Å². The number of hydrogen-bond acceptors (Lipinski definition) is 6. The molecule has 0 saturated heterocycles. The normalized spacial score (nSPS) is 10.9. The molecule has 170 valence electrons. The number of rotatable bonds is 7. The van der Waals surface area contributed by atoms with Crippen LogP contribution in [0.25, 0.3) is 21.5 Å². The zero-order chi connectivity index (χ0) is 23.5. The van der Waals surface area contributed by atoms with Gasteiger partial charge in [0.25, 0.3) is 5.91 Å². The van der Waals surface area contributed by atoms with E-state index in [1.165, 1.54) is 0 Å². The van der Waals surface area contributed by atoms with Crippen molar-refractivity contribution in [2.24, 2.45) is 0 Å². The van der Waals surface area contributed by atoms with Gasteiger partial charge in [0.15, 0.2) is 11.5 Å². The van der Waals surface area contributed by atoms with Crippen molar-refractivity contribution in [2.75, 3.05) is 19.5 Å². The second-order valence-corrected chi connectivity index (χ2v) is 8.48. The fourth-order valence-electron chi connectivity index (χ4n) is 3.90. The predicted molar refractivity (Wildman–Crippen MR) is 134 cm³/mol. The molecule has 34 heavy (non-hydrogen) atoms. The lowest BCUT2D eigenvalue weighted by molar-refractivity contribution is 0.102. The Kier molecular flexibility index (Phi) is 5.97. The van der Waals surface area contributed by atoms with E-state index in [9.17, 15) is 4.79 Å². The molecular weight excluding hydrogens is 448 g/mol. The van der Waals surface area contributed by atoms with Crippen LogP contribution in [0.1, 0.15) is 15.9 Å². The molecule has 5 rings (SSSR count). The summed E-state index contributed by atoms with van der Waals surface area (Å²) in [6, 6.07) is 20.9. The number of aromatic nitrogens is 3. The van der Waals surface area contributed by atoms with Gasteiger partial charge in [-0.15, -0.1) is 11.3 Å². The highest BCUT2D eigenvalue weighted by atomic mass is 32.1. The minimum absolute atomic E-state index is 0.226. The molecule has 8 heteroatoms. The summed E-state index contributed by atoms with van der Waals surface area (Å²) in [5, 5.41) is 10.2. The number of nitrogens with zero attached hydrogens (tertiary/aromatic N) is 3. The van der Waals surface area contributed by atoms with E-state index < -0.39 is 0 Å². The van der Waals surface area contributed by atoms with Gasteiger partial charge < -0.3 is 14.8 Å². The first-order valence-electron chi connectivity index (χ1n) is 10.6. The van der Waals surface area contributed by atoms with Crippen LogP contribution in [0.5, 0.6) is 11.5 Å². The fraction of sp³-hybridized carbons (Fsp3) is 0.115. The monoisotopic (exact) mass is 470 g/mol. The summed E-state index contributed by atoms with van der Waals surface area (Å²) in [6.07, 6.45) is 1.66. The second kappa shape index (κ2) is 9.36. The Morgan fingerprint density at radius 3 is 2.71 bits per heavy atom. The molecule has 0 aliphatic heterocycles. The Balaban J connectivity index is 1.48. The van der Waals surface area contributed by atoms with Gasteiger partial charge in [-0.3, -0.25) is 4.79 Å². The number of methoxy groups -OCH3 is 2. The molecule has 0 aliphatic carbocycles. The zero-order valence-electron chi connectivity index (χ0n) is 18.7. The Bertz CT molecular complexity index is 1460. The average molecular weight is 471 g/mol. The quantitative estimate of drug-likeness (QED) is 0.341. The second-order valence-electron chi connectivity index (χ2n) is 7.53. The number of anilines is 1. The molecule has 7 nitrogen and oxygen atoms in total. The Labute approximate surface area is 200 Å². The number of ether oxygens (including phenoxy) is 2. The van der Waals surface area contributed by atoms with Crippen molar-refractivity contribution < 1.29 is 14.3 Å². The number of carbonyl (C=O) groups is 1. The molecule has 0 radical (unpaired) electrons. The van der Waals surface area contributed by atoms with Gasteiger partial charge >= 0.3 is 0 Å². The van der Waals surface area contributed by atoms with Crippen LogP contribution in [0.4, 0.5) is 5.82 Å². The van der Waals surface area contributed by atoms with Gasteiger partial charge in [0.1, 0.15) is 5.82 Å². The summed E-state index contributed by atoms with van der Waals surface area (Å²) in [7, 11) is 3.21. The van der Waals surface area contributed by atoms with E-state index in [-0.39, 0.29) is 5.91 Å². The van der Waals surface area contributed by atoms with Crippen molar-refractivity contribution in [3.8, 4) is 22.1 Å². The number of para-hydroxylation sites is 2. The first-order valence-corrected chi connectivity index (χ1v) is 11.5. The lowest BCUT2D eigenvalue weighted by atomic mass is 10.1. The molecule has 0 atom stereocenters. The van der Waals surface area contributed by atoms with Crippen molar-refractivity contribution in [2.45, 2.75) is 6.54 Å². The van der Waals surface area contributed by atoms with Crippen molar-refractivity contribution in [1.82, 2.24) is 14.8 Å². The van der Waals surface area contributed by atoms with Crippen LogP contribution in [-0.4, -0.2) is 34.9 Å². The third kappa shape index (κ3) is 4.11. The summed E-state index contributed by atoms with van der Waals surface area (Å²) >= 11 is 1.59. The molecule has 0 saturated carbocycles. The maximum Gasteiger partial charge on any atom is 0.257 e. The predicted octanol–water partition coefficient (Wildman–Crippen LogP) is 5.48. The molecule has 2 aromatic carbocycles. The molecule has 0 unspecified atom stereocenters. The largest absolute Gasteiger partial charge is 0.493 e. The number of pyridine rings is 1. The minimum Gasteiger partial charge on any atom is -0.493 e. The molecule has 5 aromatic rings. The van der Waals surface area contributed by atoms with E-state index in [1.807, 2.05) is 66.0 Å². The summed E-state index contributed by atoms with van der Waals surface area (Å²) in [4.78, 5) is 19.2. The number of nitrogens with one attached hydrogen (secondary N) is 1. The number of amides is 1. The van der Waals surface area contributed by atoms with Gasteiger partial charge in [0.2, 0.25) is 0 Å². The molecule has 0 bridgehead atoms. The number of benzene rings is 2. The maximum absolute atomic E-state index is 13.5. The lowest BCUT2D eigenvalue weighted by Crippen LogP contribution is -2.17. The molecule has 0 spiro atoms. The van der Waals surface area contributed by atoms with Crippen molar-refractivity contribution in [1.29, 1.82) is 0 Å². The van der Waals surface area contributed by atoms with Gasteiger partial charge in [-0.05, 0) is 29.6 Å². The number of hydrogen-bond donors (Lipinski definition) is 1. The minimum atomic E-state index is -0.226. The van der Waals surface area contributed by atoms with Crippen molar-refractivity contribution >= 4 is 34.0 Å². The van der Waals surface area contributed by atoms with E-state index in [0.29, 0.717) is 29.4 Å². The summed E-state index contributed by atoms with van der Waals surface area (Å²) in [5.41, 5.74) is 2.98. The van der Waals surface area contributed by atoms with Crippen LogP contribution in [0.2, 0.25) is 0 Å².